The number of nitrogens with one attached hydrogen (secondary N) is 2. The number of alkyl halides is 1. The van der Waals surface area contributed by atoms with Gasteiger partial charge >= 0.3 is 0 Å². The van der Waals surface area contributed by atoms with Crippen LogP contribution in [0, 0.1) is 0 Å². The van der Waals surface area contributed by atoms with Crippen LogP contribution in [-0.2, 0) is 6.67 Å². The summed E-state index contributed by atoms with van der Waals surface area (Å²) in [4.78, 5) is 27.4. The summed E-state index contributed by atoms with van der Waals surface area (Å²) in [6, 6.07) is 7.72. The van der Waals surface area contributed by atoms with E-state index in [2.05, 4.69) is 30.4 Å². The van der Waals surface area contributed by atoms with E-state index >= 15 is 0 Å². The van der Waals surface area contributed by atoms with Gasteiger partial charge in [0.05, 0.1) is 17.1 Å². The maximum Gasteiger partial charge on any atom is 0.270 e. The van der Waals surface area contributed by atoms with Crippen LogP contribution in [0.2, 0.25) is 0 Å². The molecule has 0 radical (unpaired) electrons. The Labute approximate surface area is 158 Å². The Bertz CT molecular complexity index is 1150. The van der Waals surface area contributed by atoms with Gasteiger partial charge in [0, 0.05) is 12.1 Å². The van der Waals surface area contributed by atoms with Crippen molar-refractivity contribution >= 4 is 22.8 Å². The lowest BCUT2D eigenvalue weighted by Crippen LogP contribution is -2.27. The van der Waals surface area contributed by atoms with Crippen molar-refractivity contribution in [2.45, 2.75) is 19.6 Å². The van der Waals surface area contributed by atoms with Crippen LogP contribution in [0.3, 0.4) is 0 Å². The lowest BCUT2D eigenvalue weighted by molar-refractivity contribution is 0.0933. The number of halogens is 1. The van der Waals surface area contributed by atoms with Crippen LogP contribution >= 0.6 is 0 Å². The van der Waals surface area contributed by atoms with E-state index in [0.29, 0.717) is 33.9 Å². The Morgan fingerprint density at radius 2 is 2.18 bits per heavy atom. The molecule has 0 bridgehead atoms. The predicted octanol–water partition coefficient (Wildman–Crippen LogP) is 2.55. The van der Waals surface area contributed by atoms with Gasteiger partial charge in [-0.05, 0) is 24.6 Å². The molecule has 142 valence electrons. The van der Waals surface area contributed by atoms with Crippen molar-refractivity contribution in [2.75, 3.05) is 5.73 Å². The van der Waals surface area contributed by atoms with Crippen molar-refractivity contribution in [3.8, 4) is 11.6 Å². The predicted molar refractivity (Wildman–Crippen MR) is 98.7 cm³/mol. The number of hydrogen-bond acceptors (Lipinski definition) is 7. The molecule has 0 unspecified atom stereocenters. The summed E-state index contributed by atoms with van der Waals surface area (Å²) >= 11 is 0. The molecule has 9 nitrogen and oxygen atoms in total. The molecule has 0 fully saturated rings. The number of nitrogen functional groups attached to an aromatic ring is 1. The third kappa shape index (κ3) is 3.39. The topological polar surface area (TPSA) is 136 Å². The SMILES string of the molecule is C[C@@H](NC(=O)c1cc(N)ncn1)c1cc(-c2nc3ccc(CF)cc3[nH]2)on1. The molecule has 3 heterocycles. The van der Waals surface area contributed by atoms with E-state index in [1.54, 1.807) is 31.2 Å². The summed E-state index contributed by atoms with van der Waals surface area (Å²) < 4.78 is 18.2. The number of nitrogens with zero attached hydrogens (tertiary/aromatic N) is 4. The fourth-order valence-electron chi connectivity index (χ4n) is 2.70. The first-order chi connectivity index (χ1) is 13.5. The minimum Gasteiger partial charge on any atom is -0.384 e. The summed E-state index contributed by atoms with van der Waals surface area (Å²) in [5.41, 5.74) is 8.18. The van der Waals surface area contributed by atoms with Crippen molar-refractivity contribution in [1.82, 2.24) is 30.4 Å². The van der Waals surface area contributed by atoms with E-state index in [1.807, 2.05) is 0 Å². The van der Waals surface area contributed by atoms with E-state index in [9.17, 15) is 9.18 Å². The first kappa shape index (κ1) is 17.6. The molecule has 10 heteroatoms. The smallest absolute Gasteiger partial charge is 0.270 e. The highest BCUT2D eigenvalue weighted by Crippen LogP contribution is 2.24. The zero-order chi connectivity index (χ0) is 19.7. The van der Waals surface area contributed by atoms with Gasteiger partial charge in [-0.2, -0.15) is 0 Å². The number of hydrogen-bond donors (Lipinski definition) is 3. The first-order valence-electron chi connectivity index (χ1n) is 8.43. The van der Waals surface area contributed by atoms with Crippen LogP contribution in [0.5, 0.6) is 0 Å². The van der Waals surface area contributed by atoms with Crippen LogP contribution in [-0.4, -0.2) is 31.0 Å². The molecule has 0 aliphatic carbocycles. The van der Waals surface area contributed by atoms with E-state index < -0.39 is 18.6 Å². The van der Waals surface area contributed by atoms with E-state index in [-0.39, 0.29) is 11.5 Å². The molecule has 0 saturated heterocycles. The number of anilines is 1. The Morgan fingerprint density at radius 3 is 2.96 bits per heavy atom. The lowest BCUT2D eigenvalue weighted by Gasteiger charge is -2.10. The third-order valence-corrected chi connectivity index (χ3v) is 4.17. The molecular weight excluding hydrogens is 365 g/mol. The second-order valence-corrected chi connectivity index (χ2v) is 6.21. The highest BCUT2D eigenvalue weighted by molar-refractivity contribution is 5.93. The average Bonchev–Trinajstić information content (AvgIpc) is 3.34. The van der Waals surface area contributed by atoms with Crippen LogP contribution in [0.4, 0.5) is 10.2 Å². The summed E-state index contributed by atoms with van der Waals surface area (Å²) in [5, 5.41) is 6.76. The van der Waals surface area contributed by atoms with Gasteiger partial charge in [-0.15, -0.1) is 0 Å². The van der Waals surface area contributed by atoms with Crippen molar-refractivity contribution in [2.24, 2.45) is 0 Å². The average molecular weight is 381 g/mol. The van der Waals surface area contributed by atoms with Crippen molar-refractivity contribution in [3.05, 3.63) is 53.6 Å². The number of amides is 1. The number of carbonyl (C=O) groups excluding carboxylic acids is 1. The minimum atomic E-state index is -0.550. The minimum absolute atomic E-state index is 0.156. The van der Waals surface area contributed by atoms with Crippen molar-refractivity contribution in [1.29, 1.82) is 0 Å². The van der Waals surface area contributed by atoms with Gasteiger partial charge in [0.15, 0.2) is 5.82 Å². The summed E-state index contributed by atoms with van der Waals surface area (Å²) in [7, 11) is 0. The number of nitrogens with two attached hydrogens (primary N) is 1. The molecular formula is C18H16FN7O2. The zero-order valence-electron chi connectivity index (χ0n) is 14.8. The molecule has 1 atom stereocenters. The van der Waals surface area contributed by atoms with Crippen LogP contribution in [0.25, 0.3) is 22.6 Å². The molecule has 3 aromatic heterocycles. The molecule has 28 heavy (non-hydrogen) atoms. The van der Waals surface area contributed by atoms with Gasteiger partial charge < -0.3 is 20.6 Å². The van der Waals surface area contributed by atoms with Crippen LogP contribution in [0.1, 0.15) is 34.7 Å². The highest BCUT2D eigenvalue weighted by atomic mass is 19.1. The number of aromatic amines is 1. The second-order valence-electron chi connectivity index (χ2n) is 6.21. The van der Waals surface area contributed by atoms with Crippen LogP contribution in [0.15, 0.2) is 41.2 Å². The van der Waals surface area contributed by atoms with Gasteiger partial charge in [-0.25, -0.2) is 19.3 Å². The maximum absolute atomic E-state index is 12.8. The first-order valence-corrected chi connectivity index (χ1v) is 8.43. The van der Waals surface area contributed by atoms with E-state index in [1.165, 1.54) is 12.4 Å². The summed E-state index contributed by atoms with van der Waals surface area (Å²) in [6.07, 6.45) is 1.22. The number of carbonyl (C=O) groups is 1. The number of benzene rings is 1. The Hall–Kier alpha value is -3.82. The number of aromatic nitrogens is 5. The number of H-pyrrole nitrogens is 1. The largest absolute Gasteiger partial charge is 0.384 e. The van der Waals surface area contributed by atoms with Crippen molar-refractivity contribution < 1.29 is 13.7 Å². The summed E-state index contributed by atoms with van der Waals surface area (Å²) in [5.74, 6) is 0.665. The van der Waals surface area contributed by atoms with Crippen LogP contribution < -0.4 is 11.1 Å². The number of fused-ring (bicyclic) bond motifs is 1. The number of imidazole rings is 1. The molecule has 1 aromatic carbocycles. The van der Waals surface area contributed by atoms with Gasteiger partial charge in [0.2, 0.25) is 5.76 Å². The third-order valence-electron chi connectivity index (χ3n) is 4.17. The molecule has 4 N–H and O–H groups in total. The van der Waals surface area contributed by atoms with Crippen molar-refractivity contribution in [3.63, 3.8) is 0 Å². The maximum atomic E-state index is 12.8. The lowest BCUT2D eigenvalue weighted by atomic mass is 10.2. The summed E-state index contributed by atoms with van der Waals surface area (Å²) in [6.45, 7) is 1.21. The molecule has 0 aliphatic rings. The molecule has 4 aromatic rings. The fraction of sp³-hybridized carbons (Fsp3) is 0.167. The molecule has 0 saturated carbocycles. The molecule has 1 amide bonds. The Morgan fingerprint density at radius 1 is 1.32 bits per heavy atom. The zero-order valence-corrected chi connectivity index (χ0v) is 14.8. The van der Waals surface area contributed by atoms with E-state index in [4.69, 9.17) is 10.3 Å². The monoisotopic (exact) mass is 381 g/mol. The van der Waals surface area contributed by atoms with Gasteiger partial charge in [0.25, 0.3) is 5.91 Å². The normalized spacial score (nSPS) is 12.2. The highest BCUT2D eigenvalue weighted by Gasteiger charge is 2.18. The molecule has 0 spiro atoms. The van der Waals surface area contributed by atoms with Gasteiger partial charge in [-0.1, -0.05) is 11.2 Å². The Kier molecular flexibility index (Phi) is 4.44. The van der Waals surface area contributed by atoms with E-state index in [0.717, 1.165) is 0 Å². The standard InChI is InChI=1S/C18H16FN7O2/c1-9(23-18(27)14-6-16(20)22-8-21-14)12-5-15(28-26-12)17-24-11-3-2-10(7-19)4-13(11)25-17/h2-6,8-9H,7H2,1H3,(H,23,27)(H,24,25)(H2,20,21,22)/t9-/m1/s1. The second kappa shape index (κ2) is 7.06. The Balaban J connectivity index is 1.53. The van der Waals surface area contributed by atoms with Gasteiger partial charge in [0.1, 0.15) is 30.2 Å². The van der Waals surface area contributed by atoms with Gasteiger partial charge in [-0.3, -0.25) is 4.79 Å². The fourth-order valence-corrected chi connectivity index (χ4v) is 2.70. The molecule has 4 rings (SSSR count). The molecule has 0 aliphatic heterocycles. The number of rotatable bonds is 5. The quantitative estimate of drug-likeness (QED) is 0.483.